The molecule has 8 nitrogen and oxygen atoms in total. The molecular weight excluding hydrogens is 492 g/mol. The molecule has 192 valence electrons. The van der Waals surface area contributed by atoms with Crippen LogP contribution in [0.5, 0.6) is 17.2 Å². The first kappa shape index (κ1) is 26.0. The number of ether oxygens (including phenoxy) is 3. The highest BCUT2D eigenvalue weighted by Gasteiger charge is 2.33. The highest BCUT2D eigenvalue weighted by atomic mass is 32.1. The van der Waals surface area contributed by atoms with E-state index in [9.17, 15) is 14.7 Å². The second-order valence-corrected chi connectivity index (χ2v) is 9.31. The zero-order valence-corrected chi connectivity index (χ0v) is 21.9. The van der Waals surface area contributed by atoms with E-state index in [1.807, 2.05) is 12.1 Å². The summed E-state index contributed by atoms with van der Waals surface area (Å²) in [6.07, 6.45) is 3.84. The zero-order chi connectivity index (χ0) is 26.7. The van der Waals surface area contributed by atoms with Gasteiger partial charge in [0.05, 0.1) is 42.7 Å². The predicted molar refractivity (Wildman–Crippen MR) is 142 cm³/mol. The van der Waals surface area contributed by atoms with Crippen molar-refractivity contribution in [2.24, 2.45) is 4.99 Å². The normalized spacial score (nSPS) is 15.1. The molecule has 1 N–H and O–H groups in total. The minimum absolute atomic E-state index is 0.0359. The van der Waals surface area contributed by atoms with Gasteiger partial charge in [-0.3, -0.25) is 9.36 Å². The molecule has 2 heterocycles. The monoisotopic (exact) mass is 520 g/mol. The minimum atomic E-state index is -0.738. The molecule has 0 fully saturated rings. The van der Waals surface area contributed by atoms with Crippen LogP contribution in [0.25, 0.3) is 6.08 Å². The second-order valence-electron chi connectivity index (χ2n) is 8.30. The van der Waals surface area contributed by atoms with Crippen LogP contribution in [0.15, 0.2) is 70.1 Å². The van der Waals surface area contributed by atoms with E-state index in [-0.39, 0.29) is 17.9 Å². The van der Waals surface area contributed by atoms with Crippen molar-refractivity contribution in [1.82, 2.24) is 4.57 Å². The van der Waals surface area contributed by atoms with Crippen LogP contribution in [-0.4, -0.2) is 36.5 Å². The molecular formula is C28H28N2O6S. The van der Waals surface area contributed by atoms with E-state index in [2.05, 4.69) is 11.6 Å². The largest absolute Gasteiger partial charge is 0.504 e. The third kappa shape index (κ3) is 4.95. The topological polar surface area (TPSA) is 99.4 Å². The van der Waals surface area contributed by atoms with Crippen LogP contribution in [0.4, 0.5) is 0 Å². The zero-order valence-electron chi connectivity index (χ0n) is 21.1. The first-order chi connectivity index (χ1) is 17.8. The third-order valence-corrected chi connectivity index (χ3v) is 6.97. The Kier molecular flexibility index (Phi) is 7.63. The van der Waals surface area contributed by atoms with E-state index in [0.29, 0.717) is 55.2 Å². The number of nitrogens with zero attached hydrogens (tertiary/aromatic N) is 2. The first-order valence-electron chi connectivity index (χ1n) is 11.7. The number of benzene rings is 2. The number of hydrogen-bond donors (Lipinski definition) is 1. The van der Waals surface area contributed by atoms with Crippen LogP contribution in [0.2, 0.25) is 0 Å². The van der Waals surface area contributed by atoms with Gasteiger partial charge in [0.25, 0.3) is 5.56 Å². The number of rotatable bonds is 8. The highest BCUT2D eigenvalue weighted by Crippen LogP contribution is 2.33. The summed E-state index contributed by atoms with van der Waals surface area (Å²) in [5.74, 6) is 0.411. The Bertz CT molecular complexity index is 1580. The SMILES string of the molecule is C=CCc1cc(C=c2sc3n(c2=O)C(c2cccc(OC)c2)C(C(=O)OCC)=C(C)N=3)cc(OC)c1O. The average Bonchev–Trinajstić information content (AvgIpc) is 3.19. The quantitative estimate of drug-likeness (QED) is 0.362. The smallest absolute Gasteiger partial charge is 0.338 e. The van der Waals surface area contributed by atoms with E-state index in [1.165, 1.54) is 23.0 Å². The Labute approximate surface area is 218 Å². The number of allylic oxidation sites excluding steroid dienone is 2. The molecule has 0 saturated heterocycles. The maximum absolute atomic E-state index is 13.8. The Morgan fingerprint density at radius 3 is 2.70 bits per heavy atom. The number of thiazole rings is 1. The maximum Gasteiger partial charge on any atom is 0.338 e. The van der Waals surface area contributed by atoms with Crippen LogP contribution < -0.4 is 24.4 Å². The van der Waals surface area contributed by atoms with Crippen molar-refractivity contribution in [1.29, 1.82) is 0 Å². The number of carbonyl (C=O) groups excluding carboxylic acids is 1. The molecule has 1 aliphatic rings. The molecule has 0 radical (unpaired) electrons. The standard InChI is InChI=1S/C28H28N2O6S/c1-6-9-19-12-17(13-21(35-5)25(19)31)14-22-26(32)30-24(18-10-8-11-20(15-18)34-4)23(27(33)36-7-2)16(3)29-28(30)37-22/h6,8,10-15,24,31H,1,7,9H2,2-5H3. The summed E-state index contributed by atoms with van der Waals surface area (Å²) < 4.78 is 18.0. The number of aromatic nitrogens is 1. The molecule has 1 unspecified atom stereocenters. The summed E-state index contributed by atoms with van der Waals surface area (Å²) in [6, 6.07) is 9.96. The summed E-state index contributed by atoms with van der Waals surface area (Å²) in [6.45, 7) is 7.40. The first-order valence-corrected chi connectivity index (χ1v) is 12.5. The average molecular weight is 521 g/mol. The number of phenolic OH excluding ortho intramolecular Hbond substituents is 1. The van der Waals surface area contributed by atoms with Crippen molar-refractivity contribution >= 4 is 23.4 Å². The number of aromatic hydroxyl groups is 1. The predicted octanol–water partition coefficient (Wildman–Crippen LogP) is 3.25. The van der Waals surface area contributed by atoms with Gasteiger partial charge in [0.15, 0.2) is 16.3 Å². The Morgan fingerprint density at radius 2 is 2.03 bits per heavy atom. The van der Waals surface area contributed by atoms with Gasteiger partial charge in [0, 0.05) is 5.56 Å². The molecule has 1 aliphatic heterocycles. The lowest BCUT2D eigenvalue weighted by Gasteiger charge is -2.25. The van der Waals surface area contributed by atoms with E-state index in [1.54, 1.807) is 57.4 Å². The molecule has 3 aromatic rings. The summed E-state index contributed by atoms with van der Waals surface area (Å²) in [7, 11) is 3.03. The molecule has 2 aromatic carbocycles. The molecule has 0 saturated carbocycles. The summed E-state index contributed by atoms with van der Waals surface area (Å²) in [4.78, 5) is 31.9. The second kappa shape index (κ2) is 10.9. The van der Waals surface area contributed by atoms with E-state index >= 15 is 0 Å². The van der Waals surface area contributed by atoms with Crippen molar-refractivity contribution in [2.45, 2.75) is 26.3 Å². The Morgan fingerprint density at radius 1 is 1.24 bits per heavy atom. The van der Waals surface area contributed by atoms with Crippen LogP contribution >= 0.6 is 11.3 Å². The van der Waals surface area contributed by atoms with Gasteiger partial charge in [-0.05, 0) is 61.7 Å². The number of carbonyl (C=O) groups is 1. The molecule has 1 aromatic heterocycles. The summed E-state index contributed by atoms with van der Waals surface area (Å²) >= 11 is 1.22. The van der Waals surface area contributed by atoms with Crippen molar-refractivity contribution in [3.63, 3.8) is 0 Å². The maximum atomic E-state index is 13.8. The van der Waals surface area contributed by atoms with Crippen LogP contribution in [-0.2, 0) is 16.0 Å². The van der Waals surface area contributed by atoms with Gasteiger partial charge in [-0.1, -0.05) is 29.5 Å². The van der Waals surface area contributed by atoms with E-state index in [4.69, 9.17) is 14.2 Å². The van der Waals surface area contributed by atoms with Crippen LogP contribution in [0.1, 0.15) is 36.6 Å². The molecule has 4 rings (SSSR count). The van der Waals surface area contributed by atoms with Crippen molar-refractivity contribution in [2.75, 3.05) is 20.8 Å². The lowest BCUT2D eigenvalue weighted by atomic mass is 9.95. The fraction of sp³-hybridized carbons (Fsp3) is 0.250. The lowest BCUT2D eigenvalue weighted by Crippen LogP contribution is -2.39. The van der Waals surface area contributed by atoms with Gasteiger partial charge in [-0.15, -0.1) is 6.58 Å². The van der Waals surface area contributed by atoms with Gasteiger partial charge in [0.1, 0.15) is 5.75 Å². The summed E-state index contributed by atoms with van der Waals surface area (Å²) in [5.41, 5.74) is 2.48. The van der Waals surface area contributed by atoms with Crippen LogP contribution in [0.3, 0.4) is 0 Å². The number of methoxy groups -OCH3 is 2. The van der Waals surface area contributed by atoms with Crippen molar-refractivity contribution in [3.8, 4) is 17.2 Å². The van der Waals surface area contributed by atoms with Gasteiger partial charge >= 0.3 is 5.97 Å². The summed E-state index contributed by atoms with van der Waals surface area (Å²) in [5, 5.41) is 10.4. The molecule has 0 amide bonds. The van der Waals surface area contributed by atoms with Crippen molar-refractivity contribution in [3.05, 3.63) is 96.7 Å². The van der Waals surface area contributed by atoms with Crippen LogP contribution in [0, 0.1) is 0 Å². The van der Waals surface area contributed by atoms with Crippen molar-refractivity contribution < 1.29 is 24.1 Å². The fourth-order valence-electron chi connectivity index (χ4n) is 4.31. The molecule has 0 spiro atoms. The number of fused-ring (bicyclic) bond motifs is 1. The van der Waals surface area contributed by atoms with Gasteiger partial charge in [0.2, 0.25) is 0 Å². The molecule has 37 heavy (non-hydrogen) atoms. The fourth-order valence-corrected chi connectivity index (χ4v) is 5.36. The molecule has 1 atom stereocenters. The highest BCUT2D eigenvalue weighted by molar-refractivity contribution is 7.07. The lowest BCUT2D eigenvalue weighted by molar-refractivity contribution is -0.139. The Hall–Kier alpha value is -4.11. The number of esters is 1. The Balaban J connectivity index is 1.96. The number of phenols is 1. The van der Waals surface area contributed by atoms with Gasteiger partial charge in [-0.25, -0.2) is 9.79 Å². The van der Waals surface area contributed by atoms with Gasteiger partial charge < -0.3 is 19.3 Å². The third-order valence-electron chi connectivity index (χ3n) is 5.98. The molecule has 0 bridgehead atoms. The minimum Gasteiger partial charge on any atom is -0.504 e. The van der Waals surface area contributed by atoms with E-state index in [0.717, 1.165) is 0 Å². The molecule has 9 heteroatoms. The van der Waals surface area contributed by atoms with E-state index < -0.39 is 12.0 Å². The van der Waals surface area contributed by atoms with Gasteiger partial charge in [-0.2, -0.15) is 0 Å². The molecule has 0 aliphatic carbocycles. The number of hydrogen-bond acceptors (Lipinski definition) is 8.